The van der Waals surface area contributed by atoms with Gasteiger partial charge in [0, 0.05) is 38.3 Å². The minimum Gasteiger partial charge on any atom is -0.495 e. The zero-order valence-corrected chi connectivity index (χ0v) is 17.8. The summed E-state index contributed by atoms with van der Waals surface area (Å²) in [5, 5.41) is 2.92. The van der Waals surface area contributed by atoms with Crippen LogP contribution in [0, 0.1) is 6.92 Å². The van der Waals surface area contributed by atoms with Gasteiger partial charge in [0.25, 0.3) is 5.91 Å². The van der Waals surface area contributed by atoms with Gasteiger partial charge in [0.2, 0.25) is 10.0 Å². The van der Waals surface area contributed by atoms with Crippen molar-refractivity contribution in [3.8, 4) is 5.75 Å². The van der Waals surface area contributed by atoms with Crippen molar-refractivity contribution in [3.63, 3.8) is 0 Å². The van der Waals surface area contributed by atoms with E-state index in [9.17, 15) is 13.2 Å². The molecule has 2 aromatic rings. The van der Waals surface area contributed by atoms with Gasteiger partial charge in [-0.25, -0.2) is 8.42 Å². The Hall–Kier alpha value is -2.42. The van der Waals surface area contributed by atoms with E-state index < -0.39 is 10.0 Å². The molecule has 0 atom stereocenters. The van der Waals surface area contributed by atoms with E-state index in [2.05, 4.69) is 10.2 Å². The molecule has 3 rings (SSSR count). The molecule has 0 unspecified atom stereocenters. The van der Waals surface area contributed by atoms with Gasteiger partial charge in [-0.15, -0.1) is 0 Å². The van der Waals surface area contributed by atoms with Gasteiger partial charge in [-0.05, 0) is 42.3 Å². The third kappa shape index (κ3) is 5.56. The van der Waals surface area contributed by atoms with Crippen molar-refractivity contribution < 1.29 is 17.9 Å². The molecule has 1 aliphatic rings. The Morgan fingerprint density at radius 2 is 1.83 bits per heavy atom. The highest BCUT2D eigenvalue weighted by Gasteiger charge is 2.23. The first kappa shape index (κ1) is 21.3. The lowest BCUT2D eigenvalue weighted by Gasteiger charge is -2.33. The summed E-state index contributed by atoms with van der Waals surface area (Å²) in [6.07, 6.45) is 1.24. The van der Waals surface area contributed by atoms with Crippen molar-refractivity contribution in [3.05, 3.63) is 59.2 Å². The van der Waals surface area contributed by atoms with Crippen LogP contribution in [0.25, 0.3) is 0 Å². The quantitative estimate of drug-likeness (QED) is 0.781. The van der Waals surface area contributed by atoms with Crippen LogP contribution in [0.2, 0.25) is 0 Å². The number of aryl methyl sites for hydroxylation is 1. The lowest BCUT2D eigenvalue weighted by molar-refractivity contribution is 0.102. The predicted molar refractivity (Wildman–Crippen MR) is 114 cm³/mol. The highest BCUT2D eigenvalue weighted by molar-refractivity contribution is 7.88. The topological polar surface area (TPSA) is 79.0 Å². The summed E-state index contributed by atoms with van der Waals surface area (Å²) < 4.78 is 30.1. The summed E-state index contributed by atoms with van der Waals surface area (Å²) in [5.74, 6) is 0.418. The Bertz CT molecular complexity index is 983. The van der Waals surface area contributed by atoms with E-state index in [1.165, 1.54) is 10.6 Å². The van der Waals surface area contributed by atoms with Gasteiger partial charge in [-0.3, -0.25) is 9.69 Å². The minimum atomic E-state index is -3.14. The molecule has 1 saturated heterocycles. The summed E-state index contributed by atoms with van der Waals surface area (Å²) >= 11 is 0. The summed E-state index contributed by atoms with van der Waals surface area (Å²) in [6.45, 7) is 4.96. The Morgan fingerprint density at radius 1 is 1.10 bits per heavy atom. The van der Waals surface area contributed by atoms with E-state index in [0.717, 1.165) is 11.1 Å². The molecule has 0 saturated carbocycles. The van der Waals surface area contributed by atoms with Crippen molar-refractivity contribution in [1.82, 2.24) is 9.21 Å². The van der Waals surface area contributed by atoms with Crippen LogP contribution >= 0.6 is 0 Å². The fraction of sp³-hybridized carbons (Fsp3) is 0.381. The number of nitrogens with one attached hydrogen (secondary N) is 1. The van der Waals surface area contributed by atoms with E-state index in [0.29, 0.717) is 49.7 Å². The third-order valence-corrected chi connectivity index (χ3v) is 6.30. The Morgan fingerprint density at radius 3 is 2.48 bits per heavy atom. The number of sulfonamides is 1. The van der Waals surface area contributed by atoms with E-state index in [-0.39, 0.29) is 5.91 Å². The molecule has 29 heavy (non-hydrogen) atoms. The molecule has 1 fully saturated rings. The van der Waals surface area contributed by atoms with Gasteiger partial charge in [0.05, 0.1) is 19.1 Å². The Labute approximate surface area is 172 Å². The van der Waals surface area contributed by atoms with Gasteiger partial charge in [-0.2, -0.15) is 4.31 Å². The molecular weight excluding hydrogens is 390 g/mol. The monoisotopic (exact) mass is 417 g/mol. The predicted octanol–water partition coefficient (Wildman–Crippen LogP) is 2.33. The zero-order chi connectivity index (χ0) is 21.0. The number of rotatable bonds is 6. The smallest absolute Gasteiger partial charge is 0.255 e. The number of piperazine rings is 1. The average molecular weight is 418 g/mol. The Kier molecular flexibility index (Phi) is 6.56. The maximum atomic E-state index is 12.7. The van der Waals surface area contributed by atoms with Gasteiger partial charge < -0.3 is 10.1 Å². The number of amides is 1. The highest BCUT2D eigenvalue weighted by atomic mass is 32.2. The summed E-state index contributed by atoms with van der Waals surface area (Å²) in [5.41, 5.74) is 3.25. The molecule has 0 spiro atoms. The lowest BCUT2D eigenvalue weighted by atomic mass is 10.1. The number of carbonyl (C=O) groups excluding carboxylic acids is 1. The maximum Gasteiger partial charge on any atom is 0.255 e. The largest absolute Gasteiger partial charge is 0.495 e. The van der Waals surface area contributed by atoms with Crippen molar-refractivity contribution in [2.24, 2.45) is 0 Å². The highest BCUT2D eigenvalue weighted by Crippen LogP contribution is 2.26. The first-order valence-corrected chi connectivity index (χ1v) is 11.3. The molecule has 0 radical (unpaired) electrons. The van der Waals surface area contributed by atoms with Crippen molar-refractivity contribution in [2.45, 2.75) is 13.5 Å². The van der Waals surface area contributed by atoms with Crippen LogP contribution in [0.15, 0.2) is 42.5 Å². The van der Waals surface area contributed by atoms with Crippen LogP contribution in [0.1, 0.15) is 21.5 Å². The first-order valence-electron chi connectivity index (χ1n) is 9.48. The number of nitrogens with zero attached hydrogens (tertiary/aromatic N) is 2. The molecule has 1 amide bonds. The van der Waals surface area contributed by atoms with Gasteiger partial charge in [0.1, 0.15) is 5.75 Å². The Balaban J connectivity index is 1.65. The van der Waals surface area contributed by atoms with Crippen molar-refractivity contribution in [2.75, 3.05) is 44.9 Å². The summed E-state index contributed by atoms with van der Waals surface area (Å²) in [6, 6.07) is 13.1. The van der Waals surface area contributed by atoms with Crippen LogP contribution in [-0.4, -0.2) is 63.1 Å². The molecule has 1 heterocycles. The van der Waals surface area contributed by atoms with E-state index in [4.69, 9.17) is 4.74 Å². The van der Waals surface area contributed by atoms with Crippen LogP contribution in [0.3, 0.4) is 0 Å². The van der Waals surface area contributed by atoms with E-state index >= 15 is 0 Å². The number of benzene rings is 2. The maximum absolute atomic E-state index is 12.7. The standard InChI is InChI=1S/C21H27N3O4S/c1-16-7-8-20(28-2)19(13-16)22-21(25)18-6-4-5-17(14-18)15-23-9-11-24(12-10-23)29(3,26)27/h4-8,13-14H,9-12,15H2,1-3H3,(H,22,25). The van der Waals surface area contributed by atoms with Gasteiger partial charge in [-0.1, -0.05) is 18.2 Å². The second kappa shape index (κ2) is 8.94. The average Bonchev–Trinajstić information content (AvgIpc) is 2.68. The molecule has 0 aromatic heterocycles. The molecule has 156 valence electrons. The zero-order valence-electron chi connectivity index (χ0n) is 17.0. The van der Waals surface area contributed by atoms with Crippen molar-refractivity contribution >= 4 is 21.6 Å². The van der Waals surface area contributed by atoms with E-state index in [1.54, 1.807) is 13.2 Å². The number of hydrogen-bond donors (Lipinski definition) is 1. The number of hydrogen-bond acceptors (Lipinski definition) is 5. The second-order valence-electron chi connectivity index (χ2n) is 7.30. The summed E-state index contributed by atoms with van der Waals surface area (Å²) in [7, 11) is -1.56. The fourth-order valence-electron chi connectivity index (χ4n) is 3.40. The minimum absolute atomic E-state index is 0.197. The summed E-state index contributed by atoms with van der Waals surface area (Å²) in [4.78, 5) is 14.9. The second-order valence-corrected chi connectivity index (χ2v) is 9.28. The normalized spacial score (nSPS) is 15.8. The number of carbonyl (C=O) groups is 1. The molecular formula is C21H27N3O4S. The number of anilines is 1. The van der Waals surface area contributed by atoms with E-state index in [1.807, 2.05) is 43.3 Å². The third-order valence-electron chi connectivity index (χ3n) is 5.00. The van der Waals surface area contributed by atoms with Crippen LogP contribution in [0.5, 0.6) is 5.75 Å². The molecule has 1 N–H and O–H groups in total. The number of ether oxygens (including phenoxy) is 1. The van der Waals surface area contributed by atoms with Crippen LogP contribution in [-0.2, 0) is 16.6 Å². The van der Waals surface area contributed by atoms with Gasteiger partial charge >= 0.3 is 0 Å². The SMILES string of the molecule is COc1ccc(C)cc1NC(=O)c1cccc(CN2CCN(S(C)(=O)=O)CC2)c1. The van der Waals surface area contributed by atoms with Gasteiger partial charge in [0.15, 0.2) is 0 Å². The van der Waals surface area contributed by atoms with Crippen LogP contribution < -0.4 is 10.1 Å². The number of methoxy groups -OCH3 is 1. The van der Waals surface area contributed by atoms with Crippen LogP contribution in [0.4, 0.5) is 5.69 Å². The van der Waals surface area contributed by atoms with Crippen molar-refractivity contribution in [1.29, 1.82) is 0 Å². The molecule has 8 heteroatoms. The molecule has 7 nitrogen and oxygen atoms in total. The lowest BCUT2D eigenvalue weighted by Crippen LogP contribution is -2.47. The molecule has 1 aliphatic heterocycles. The first-order chi connectivity index (χ1) is 13.8. The molecule has 0 aliphatic carbocycles. The molecule has 2 aromatic carbocycles. The fourth-order valence-corrected chi connectivity index (χ4v) is 4.23. The molecule has 0 bridgehead atoms.